The Balaban J connectivity index is 2.38. The summed E-state index contributed by atoms with van der Waals surface area (Å²) in [5, 5.41) is 0.0821. The van der Waals surface area contributed by atoms with Crippen LogP contribution in [0.3, 0.4) is 0 Å². The maximum atomic E-state index is 11.6. The van der Waals surface area contributed by atoms with Gasteiger partial charge in [0.25, 0.3) is 0 Å². The Labute approximate surface area is 87.2 Å². The third kappa shape index (κ3) is 3.55. The van der Waals surface area contributed by atoms with Gasteiger partial charge in [-0.25, -0.2) is 0 Å². The number of nitrogens with two attached hydrogens (primary N) is 1. The first-order valence-electron chi connectivity index (χ1n) is 4.71. The number of pyridine rings is 1. The summed E-state index contributed by atoms with van der Waals surface area (Å²) < 4.78 is 11.6. The molecule has 1 rings (SSSR count). The molecule has 4 heteroatoms. The molecule has 0 aliphatic carbocycles. The van der Waals surface area contributed by atoms with E-state index in [1.54, 1.807) is 6.20 Å². The predicted octanol–water partition coefficient (Wildman–Crippen LogP) is 0.720. The molecule has 0 aliphatic heterocycles. The molecule has 1 heterocycles. The minimum absolute atomic E-state index is 0.0821. The molecule has 2 atom stereocenters. The molecule has 0 aromatic carbocycles. The lowest BCUT2D eigenvalue weighted by Gasteiger charge is -2.07. The van der Waals surface area contributed by atoms with Gasteiger partial charge >= 0.3 is 0 Å². The van der Waals surface area contributed by atoms with Crippen LogP contribution < -0.4 is 5.73 Å². The molecule has 1 aromatic rings. The van der Waals surface area contributed by atoms with E-state index in [2.05, 4.69) is 4.98 Å². The van der Waals surface area contributed by atoms with Gasteiger partial charge in [0.15, 0.2) is 0 Å². The van der Waals surface area contributed by atoms with Crippen LogP contribution in [-0.2, 0) is 17.2 Å². The minimum Gasteiger partial charge on any atom is -0.329 e. The lowest BCUT2D eigenvalue weighted by Crippen LogP contribution is -2.24. The van der Waals surface area contributed by atoms with Crippen LogP contribution >= 0.6 is 0 Å². The van der Waals surface area contributed by atoms with Crippen molar-refractivity contribution in [3.8, 4) is 0 Å². The van der Waals surface area contributed by atoms with Gasteiger partial charge < -0.3 is 5.73 Å². The van der Waals surface area contributed by atoms with E-state index in [4.69, 9.17) is 5.73 Å². The number of rotatable bonds is 5. The van der Waals surface area contributed by atoms with E-state index in [0.29, 0.717) is 12.3 Å². The first-order valence-corrected chi connectivity index (χ1v) is 6.09. The highest BCUT2D eigenvalue weighted by atomic mass is 32.2. The normalized spacial score (nSPS) is 15.0. The quantitative estimate of drug-likeness (QED) is 0.782. The molecule has 0 radical (unpaired) electrons. The van der Waals surface area contributed by atoms with E-state index >= 15 is 0 Å². The van der Waals surface area contributed by atoms with Crippen molar-refractivity contribution in [3.63, 3.8) is 0 Å². The molecule has 0 saturated heterocycles. The average Bonchev–Trinajstić information content (AvgIpc) is 2.26. The van der Waals surface area contributed by atoms with Crippen molar-refractivity contribution in [2.75, 3.05) is 12.3 Å². The molecule has 0 aliphatic rings. The van der Waals surface area contributed by atoms with Gasteiger partial charge in [-0.15, -0.1) is 0 Å². The Morgan fingerprint density at radius 3 is 2.93 bits per heavy atom. The average molecular weight is 212 g/mol. The molecule has 0 saturated carbocycles. The fourth-order valence-electron chi connectivity index (χ4n) is 1.06. The van der Waals surface area contributed by atoms with Crippen LogP contribution in [0, 0.1) is 0 Å². The molecule has 14 heavy (non-hydrogen) atoms. The van der Waals surface area contributed by atoms with Gasteiger partial charge in [0.2, 0.25) is 0 Å². The van der Waals surface area contributed by atoms with E-state index in [-0.39, 0.29) is 5.25 Å². The van der Waals surface area contributed by atoms with Gasteiger partial charge in [0.1, 0.15) is 0 Å². The zero-order valence-electron chi connectivity index (χ0n) is 8.35. The third-order valence-electron chi connectivity index (χ3n) is 2.07. The van der Waals surface area contributed by atoms with Crippen molar-refractivity contribution in [1.29, 1.82) is 0 Å². The van der Waals surface area contributed by atoms with Crippen LogP contribution in [0.4, 0.5) is 0 Å². The van der Waals surface area contributed by atoms with Gasteiger partial charge in [0, 0.05) is 46.7 Å². The second kappa shape index (κ2) is 5.88. The number of aryl methyl sites for hydroxylation is 1. The van der Waals surface area contributed by atoms with Crippen molar-refractivity contribution >= 4 is 10.8 Å². The topological polar surface area (TPSA) is 56.0 Å². The van der Waals surface area contributed by atoms with Crippen molar-refractivity contribution in [3.05, 3.63) is 30.1 Å². The highest BCUT2D eigenvalue weighted by Crippen LogP contribution is 2.00. The Bertz CT molecular complexity index is 289. The van der Waals surface area contributed by atoms with E-state index in [9.17, 15) is 4.21 Å². The molecule has 2 unspecified atom stereocenters. The van der Waals surface area contributed by atoms with Crippen molar-refractivity contribution in [1.82, 2.24) is 4.98 Å². The monoisotopic (exact) mass is 212 g/mol. The van der Waals surface area contributed by atoms with E-state index in [1.165, 1.54) is 0 Å². The molecule has 2 N–H and O–H groups in total. The number of hydrogen-bond acceptors (Lipinski definition) is 3. The summed E-state index contributed by atoms with van der Waals surface area (Å²) in [5.41, 5.74) is 6.42. The highest BCUT2D eigenvalue weighted by Gasteiger charge is 2.08. The summed E-state index contributed by atoms with van der Waals surface area (Å²) in [6, 6.07) is 5.77. The Morgan fingerprint density at radius 2 is 2.36 bits per heavy atom. The summed E-state index contributed by atoms with van der Waals surface area (Å²) in [5.74, 6) is 0.648. The standard InChI is InChI=1S/C10H16N2OS/c1-9(8-11)14(13)7-5-10-4-2-3-6-12-10/h2-4,6,9H,5,7-8,11H2,1H3. The largest absolute Gasteiger partial charge is 0.329 e. The Hall–Kier alpha value is -0.740. The summed E-state index contributed by atoms with van der Waals surface area (Å²) in [4.78, 5) is 4.17. The molecule has 3 nitrogen and oxygen atoms in total. The second-order valence-corrected chi connectivity index (χ2v) is 5.18. The summed E-state index contributed by atoms with van der Waals surface area (Å²) >= 11 is 0. The van der Waals surface area contributed by atoms with Gasteiger partial charge in [-0.3, -0.25) is 9.19 Å². The third-order valence-corrected chi connectivity index (χ3v) is 3.76. The van der Waals surface area contributed by atoms with Crippen LogP contribution in [0.25, 0.3) is 0 Å². The lowest BCUT2D eigenvalue weighted by atomic mass is 10.3. The zero-order valence-corrected chi connectivity index (χ0v) is 9.17. The van der Waals surface area contributed by atoms with Gasteiger partial charge in [-0.2, -0.15) is 0 Å². The molecule has 0 spiro atoms. The van der Waals surface area contributed by atoms with Crippen LogP contribution in [0.1, 0.15) is 12.6 Å². The fourth-order valence-corrected chi connectivity index (χ4v) is 2.09. The lowest BCUT2D eigenvalue weighted by molar-refractivity contribution is 0.672. The van der Waals surface area contributed by atoms with Gasteiger partial charge in [0.05, 0.1) is 0 Å². The molecule has 78 valence electrons. The Kier molecular flexibility index (Phi) is 4.76. The fraction of sp³-hybridized carbons (Fsp3) is 0.500. The minimum atomic E-state index is -0.830. The molecule has 0 fully saturated rings. The van der Waals surface area contributed by atoms with Gasteiger partial charge in [-0.1, -0.05) is 6.07 Å². The second-order valence-electron chi connectivity index (χ2n) is 3.20. The first kappa shape index (κ1) is 11.3. The zero-order chi connectivity index (χ0) is 10.4. The highest BCUT2D eigenvalue weighted by molar-refractivity contribution is 7.85. The molecule has 0 amide bonds. The maximum absolute atomic E-state index is 11.6. The predicted molar refractivity (Wildman–Crippen MR) is 59.5 cm³/mol. The van der Waals surface area contributed by atoms with Crippen LogP contribution in [0.2, 0.25) is 0 Å². The van der Waals surface area contributed by atoms with Crippen molar-refractivity contribution in [2.45, 2.75) is 18.6 Å². The van der Waals surface area contributed by atoms with Crippen LogP contribution in [-0.4, -0.2) is 26.7 Å². The van der Waals surface area contributed by atoms with E-state index in [1.807, 2.05) is 25.1 Å². The van der Waals surface area contributed by atoms with Crippen molar-refractivity contribution < 1.29 is 4.21 Å². The first-order chi connectivity index (χ1) is 6.74. The van der Waals surface area contributed by atoms with Crippen LogP contribution in [0.15, 0.2) is 24.4 Å². The van der Waals surface area contributed by atoms with E-state index < -0.39 is 10.8 Å². The SMILES string of the molecule is CC(CN)S(=O)CCc1ccccn1. The van der Waals surface area contributed by atoms with E-state index in [0.717, 1.165) is 12.1 Å². The van der Waals surface area contributed by atoms with Crippen LogP contribution in [0.5, 0.6) is 0 Å². The van der Waals surface area contributed by atoms with Gasteiger partial charge in [-0.05, 0) is 19.1 Å². The molecular weight excluding hydrogens is 196 g/mol. The summed E-state index contributed by atoms with van der Waals surface area (Å²) in [6.07, 6.45) is 2.52. The number of nitrogens with zero attached hydrogens (tertiary/aromatic N) is 1. The molecule has 0 bridgehead atoms. The molecular formula is C10H16N2OS. The number of aromatic nitrogens is 1. The van der Waals surface area contributed by atoms with Crippen molar-refractivity contribution in [2.24, 2.45) is 5.73 Å². The number of hydrogen-bond donors (Lipinski definition) is 1. The smallest absolute Gasteiger partial charge is 0.0442 e. The summed E-state index contributed by atoms with van der Waals surface area (Å²) in [6.45, 7) is 2.39. The molecule has 1 aromatic heterocycles. The summed E-state index contributed by atoms with van der Waals surface area (Å²) in [7, 11) is -0.830. The maximum Gasteiger partial charge on any atom is 0.0442 e. The Morgan fingerprint density at radius 1 is 1.57 bits per heavy atom.